The molecule has 0 spiro atoms. The summed E-state index contributed by atoms with van der Waals surface area (Å²) in [5, 5.41) is 18.3. The van der Waals surface area contributed by atoms with Crippen LogP contribution >= 0.6 is 0 Å². The summed E-state index contributed by atoms with van der Waals surface area (Å²) in [6.45, 7) is 2.01. The topological polar surface area (TPSA) is 118 Å². The number of piperazine rings is 1. The lowest BCUT2D eigenvalue weighted by molar-refractivity contribution is 0.142. The van der Waals surface area contributed by atoms with Gasteiger partial charge in [-0.15, -0.1) is 0 Å². The number of imidazole rings is 1. The molecule has 0 aromatic carbocycles. The van der Waals surface area contributed by atoms with E-state index in [1.165, 1.54) is 17.0 Å². The normalized spacial score (nSPS) is 14.3. The number of hydrogen-bond acceptors (Lipinski definition) is 5. The molecule has 1 aliphatic rings. The van der Waals surface area contributed by atoms with E-state index in [2.05, 4.69) is 16.0 Å². The van der Waals surface area contributed by atoms with Gasteiger partial charge in [0.15, 0.2) is 5.43 Å². The van der Waals surface area contributed by atoms with Gasteiger partial charge < -0.3 is 19.9 Å². The van der Waals surface area contributed by atoms with Gasteiger partial charge in [-0.05, 0) is 12.1 Å². The lowest BCUT2D eigenvalue weighted by Crippen LogP contribution is -2.48. The largest absolute Gasteiger partial charge is 0.465 e. The molecular formula is C18H16N6O3. The summed E-state index contributed by atoms with van der Waals surface area (Å²) in [5.74, 6) is 0.748. The summed E-state index contributed by atoms with van der Waals surface area (Å²) in [5.41, 5.74) is 2.08. The number of amides is 1. The van der Waals surface area contributed by atoms with Crippen molar-refractivity contribution in [3.8, 4) is 17.3 Å². The zero-order valence-electron chi connectivity index (χ0n) is 14.3. The molecule has 0 atom stereocenters. The van der Waals surface area contributed by atoms with Crippen molar-refractivity contribution in [2.75, 3.05) is 31.1 Å². The zero-order valence-corrected chi connectivity index (χ0v) is 14.3. The molecular weight excluding hydrogens is 348 g/mol. The van der Waals surface area contributed by atoms with Crippen molar-refractivity contribution < 1.29 is 9.90 Å². The number of carbonyl (C=O) groups is 1. The second-order valence-corrected chi connectivity index (χ2v) is 6.24. The van der Waals surface area contributed by atoms with Crippen LogP contribution in [0.2, 0.25) is 0 Å². The molecule has 136 valence electrons. The van der Waals surface area contributed by atoms with Crippen molar-refractivity contribution in [3.05, 3.63) is 52.6 Å². The number of anilines is 1. The van der Waals surface area contributed by atoms with E-state index >= 15 is 0 Å². The minimum Gasteiger partial charge on any atom is -0.465 e. The van der Waals surface area contributed by atoms with E-state index in [-0.39, 0.29) is 5.43 Å². The first-order valence-corrected chi connectivity index (χ1v) is 8.40. The van der Waals surface area contributed by atoms with Gasteiger partial charge in [-0.3, -0.25) is 9.20 Å². The first-order valence-electron chi connectivity index (χ1n) is 8.40. The Labute approximate surface area is 153 Å². The average Bonchev–Trinajstić information content (AvgIpc) is 3.10. The number of hydrogen-bond donors (Lipinski definition) is 2. The molecule has 0 unspecified atom stereocenters. The maximum atomic E-state index is 12.0. The van der Waals surface area contributed by atoms with E-state index in [0.29, 0.717) is 48.8 Å². The standard InChI is InChI=1S/C18H16N6O3/c19-9-13-11-21-17-8-14(25)7-15(24(13)17)12-1-2-16(20-10-12)22-3-5-23(6-4-22)18(26)27/h1-2,7-8,10-11,21H,3-6H2,(H,26,27). The molecule has 1 saturated heterocycles. The second kappa shape index (κ2) is 6.49. The van der Waals surface area contributed by atoms with Crippen LogP contribution in [0.4, 0.5) is 10.6 Å². The monoisotopic (exact) mass is 364 g/mol. The molecule has 1 aliphatic heterocycles. The molecule has 0 aliphatic carbocycles. The maximum Gasteiger partial charge on any atom is 0.407 e. The third-order valence-electron chi connectivity index (χ3n) is 4.67. The van der Waals surface area contributed by atoms with Crippen molar-refractivity contribution >= 4 is 17.6 Å². The highest BCUT2D eigenvalue weighted by Crippen LogP contribution is 2.23. The lowest BCUT2D eigenvalue weighted by atomic mass is 10.1. The summed E-state index contributed by atoms with van der Waals surface area (Å²) in [7, 11) is 0. The van der Waals surface area contributed by atoms with Crippen LogP contribution in [0.1, 0.15) is 5.69 Å². The number of nitrogens with zero attached hydrogens (tertiary/aromatic N) is 5. The van der Waals surface area contributed by atoms with Crippen LogP contribution in [0.5, 0.6) is 0 Å². The van der Waals surface area contributed by atoms with Gasteiger partial charge in [0.25, 0.3) is 0 Å². The molecule has 3 aromatic heterocycles. The van der Waals surface area contributed by atoms with Crippen molar-refractivity contribution in [3.63, 3.8) is 0 Å². The summed E-state index contributed by atoms with van der Waals surface area (Å²) in [4.78, 5) is 33.8. The predicted octanol–water partition coefficient (Wildman–Crippen LogP) is 1.36. The zero-order chi connectivity index (χ0) is 19.0. The number of H-pyrrole nitrogens is 1. The molecule has 9 nitrogen and oxygen atoms in total. The summed E-state index contributed by atoms with van der Waals surface area (Å²) < 4.78 is 1.68. The Morgan fingerprint density at radius 3 is 2.63 bits per heavy atom. The number of rotatable bonds is 2. The van der Waals surface area contributed by atoms with E-state index < -0.39 is 6.09 Å². The van der Waals surface area contributed by atoms with Gasteiger partial charge in [0, 0.05) is 56.3 Å². The van der Waals surface area contributed by atoms with Gasteiger partial charge in [0.05, 0.1) is 5.69 Å². The Morgan fingerprint density at radius 1 is 1.22 bits per heavy atom. The Kier molecular flexibility index (Phi) is 4.01. The van der Waals surface area contributed by atoms with Crippen LogP contribution in [0, 0.1) is 11.3 Å². The highest BCUT2D eigenvalue weighted by atomic mass is 16.4. The fourth-order valence-electron chi connectivity index (χ4n) is 3.29. The third kappa shape index (κ3) is 2.97. The Bertz CT molecular complexity index is 1100. The van der Waals surface area contributed by atoms with Crippen LogP contribution in [0.25, 0.3) is 16.9 Å². The molecule has 9 heteroatoms. The summed E-state index contributed by atoms with van der Waals surface area (Å²) in [6.07, 6.45) is 2.31. The number of carboxylic acid groups (broad SMARTS) is 1. The number of nitrogens with one attached hydrogen (secondary N) is 1. The van der Waals surface area contributed by atoms with Crippen LogP contribution in [-0.2, 0) is 0 Å². The van der Waals surface area contributed by atoms with Crippen molar-refractivity contribution in [2.45, 2.75) is 0 Å². The van der Waals surface area contributed by atoms with Crippen LogP contribution < -0.4 is 10.3 Å². The molecule has 4 rings (SSSR count). The van der Waals surface area contributed by atoms with Crippen LogP contribution in [0.3, 0.4) is 0 Å². The molecule has 2 N–H and O–H groups in total. The van der Waals surface area contributed by atoms with E-state index in [9.17, 15) is 14.9 Å². The molecule has 1 amide bonds. The first-order chi connectivity index (χ1) is 13.1. The average molecular weight is 364 g/mol. The Morgan fingerprint density at radius 2 is 2.00 bits per heavy atom. The van der Waals surface area contributed by atoms with Crippen molar-refractivity contribution in [1.29, 1.82) is 5.26 Å². The van der Waals surface area contributed by atoms with Gasteiger partial charge in [-0.25, -0.2) is 9.78 Å². The molecule has 4 heterocycles. The number of fused-ring (bicyclic) bond motifs is 1. The van der Waals surface area contributed by atoms with Crippen LogP contribution in [-0.4, -0.2) is 56.6 Å². The van der Waals surface area contributed by atoms with Crippen molar-refractivity contribution in [1.82, 2.24) is 19.3 Å². The Hall–Kier alpha value is -3.80. The SMILES string of the molecule is N#Cc1c[nH]c2cc(=O)cc(-c3ccc(N4CCN(C(=O)O)CC4)nc3)n12. The van der Waals surface area contributed by atoms with E-state index in [4.69, 9.17) is 5.11 Å². The van der Waals surface area contributed by atoms with Gasteiger partial charge in [0.2, 0.25) is 0 Å². The van der Waals surface area contributed by atoms with Gasteiger partial charge >= 0.3 is 6.09 Å². The number of nitriles is 1. The number of pyridine rings is 2. The molecule has 1 fully saturated rings. The third-order valence-corrected chi connectivity index (χ3v) is 4.67. The van der Waals surface area contributed by atoms with E-state index in [1.54, 1.807) is 16.8 Å². The minimum absolute atomic E-state index is 0.162. The molecule has 0 bridgehead atoms. The minimum atomic E-state index is -0.906. The lowest BCUT2D eigenvalue weighted by Gasteiger charge is -2.33. The number of aromatic nitrogens is 3. The van der Waals surface area contributed by atoms with Crippen LogP contribution in [0.15, 0.2) is 41.5 Å². The highest BCUT2D eigenvalue weighted by molar-refractivity contribution is 5.66. The maximum absolute atomic E-state index is 12.0. The fraction of sp³-hybridized carbons (Fsp3) is 0.222. The molecule has 3 aromatic rings. The van der Waals surface area contributed by atoms with E-state index in [1.807, 2.05) is 17.0 Å². The first kappa shape index (κ1) is 16.7. The predicted molar refractivity (Wildman–Crippen MR) is 97.8 cm³/mol. The smallest absolute Gasteiger partial charge is 0.407 e. The van der Waals surface area contributed by atoms with Gasteiger partial charge in [-0.1, -0.05) is 0 Å². The van der Waals surface area contributed by atoms with Crippen molar-refractivity contribution in [2.24, 2.45) is 0 Å². The quantitative estimate of drug-likeness (QED) is 0.709. The highest BCUT2D eigenvalue weighted by Gasteiger charge is 2.21. The van der Waals surface area contributed by atoms with Gasteiger partial charge in [-0.2, -0.15) is 5.26 Å². The van der Waals surface area contributed by atoms with E-state index in [0.717, 1.165) is 5.82 Å². The second-order valence-electron chi connectivity index (χ2n) is 6.24. The number of aromatic amines is 1. The molecule has 0 saturated carbocycles. The summed E-state index contributed by atoms with van der Waals surface area (Å²) >= 11 is 0. The molecule has 27 heavy (non-hydrogen) atoms. The fourth-order valence-corrected chi connectivity index (χ4v) is 3.29. The van der Waals surface area contributed by atoms with Gasteiger partial charge in [0.1, 0.15) is 23.2 Å². The molecule has 0 radical (unpaired) electrons. The summed E-state index contributed by atoms with van der Waals surface area (Å²) in [6, 6.07) is 8.71. The Balaban J connectivity index is 1.65.